The van der Waals surface area contributed by atoms with Gasteiger partial charge in [-0.05, 0) is 23.3 Å². The summed E-state index contributed by atoms with van der Waals surface area (Å²) >= 11 is 0. The number of allylic oxidation sites excluding steroid dienone is 8. The van der Waals surface area contributed by atoms with Crippen molar-refractivity contribution in [3.8, 4) is 0 Å². The number of rotatable bonds is 0. The molecule has 0 atom stereocenters. The summed E-state index contributed by atoms with van der Waals surface area (Å²) in [5.41, 5.74) is 2.81. The summed E-state index contributed by atoms with van der Waals surface area (Å²) in [6.45, 7) is 10.8. The van der Waals surface area contributed by atoms with Gasteiger partial charge in [0.15, 0.2) is 0 Å². The van der Waals surface area contributed by atoms with Crippen molar-refractivity contribution >= 4 is 6.21 Å². The molecule has 0 amide bonds. The summed E-state index contributed by atoms with van der Waals surface area (Å²) < 4.78 is 0. The Morgan fingerprint density at radius 2 is 1.50 bits per heavy atom. The minimum Gasteiger partial charge on any atom is -0.264 e. The first kappa shape index (κ1) is 13.5. The number of azo groups is 1. The van der Waals surface area contributed by atoms with Gasteiger partial charge in [-0.15, -0.1) is 0 Å². The van der Waals surface area contributed by atoms with Crippen LogP contribution in [0, 0.1) is 0 Å². The molecule has 0 aromatic carbocycles. The molecule has 0 saturated heterocycles. The highest BCUT2D eigenvalue weighted by molar-refractivity contribution is 5.84. The van der Waals surface area contributed by atoms with Gasteiger partial charge in [0.25, 0.3) is 0 Å². The molecule has 3 heteroatoms. The van der Waals surface area contributed by atoms with Crippen LogP contribution in [0.15, 0.2) is 101 Å². The number of aliphatic imine (C=N–C) groups is 1. The van der Waals surface area contributed by atoms with Gasteiger partial charge in [-0.3, -0.25) is 4.99 Å². The van der Waals surface area contributed by atoms with Crippen molar-refractivity contribution in [1.29, 1.82) is 0 Å². The van der Waals surface area contributed by atoms with Gasteiger partial charge in [0.2, 0.25) is 0 Å². The Bertz CT molecular complexity index is 394. The van der Waals surface area contributed by atoms with Gasteiger partial charge >= 0.3 is 0 Å². The maximum absolute atomic E-state index is 3.76. The molecule has 18 heavy (non-hydrogen) atoms. The average molecular weight is 237 g/mol. The second kappa shape index (κ2) is 7.68. The molecule has 0 fully saturated rings. The number of hydrogen-bond acceptors (Lipinski definition) is 3. The molecular formula is C15H15N3. The largest absolute Gasteiger partial charge is 0.264 e. The topological polar surface area (TPSA) is 37.1 Å². The lowest BCUT2D eigenvalue weighted by Crippen LogP contribution is -1.62. The summed E-state index contributed by atoms with van der Waals surface area (Å²) in [5, 5.41) is 7.06. The van der Waals surface area contributed by atoms with Gasteiger partial charge in [-0.2, -0.15) is 10.2 Å². The predicted octanol–water partition coefficient (Wildman–Crippen LogP) is 4.29. The van der Waals surface area contributed by atoms with Crippen LogP contribution in [0.4, 0.5) is 0 Å². The zero-order valence-corrected chi connectivity index (χ0v) is 10.2. The van der Waals surface area contributed by atoms with Gasteiger partial charge < -0.3 is 0 Å². The third kappa shape index (κ3) is 6.12. The van der Waals surface area contributed by atoms with E-state index in [0.717, 1.165) is 16.8 Å². The summed E-state index contributed by atoms with van der Waals surface area (Å²) in [6, 6.07) is 0. The van der Waals surface area contributed by atoms with Crippen LogP contribution in [0.1, 0.15) is 0 Å². The molecule has 0 unspecified atom stereocenters. The van der Waals surface area contributed by atoms with Crippen molar-refractivity contribution in [2.75, 3.05) is 0 Å². The van der Waals surface area contributed by atoms with Crippen molar-refractivity contribution in [2.24, 2.45) is 15.2 Å². The molecule has 3 nitrogen and oxygen atoms in total. The molecule has 0 bridgehead atoms. The smallest absolute Gasteiger partial charge is 0.0801 e. The van der Waals surface area contributed by atoms with Crippen LogP contribution in [0.2, 0.25) is 0 Å². The lowest BCUT2D eigenvalue weighted by molar-refractivity contribution is 1.24. The highest BCUT2D eigenvalue weighted by Gasteiger charge is 1.84. The van der Waals surface area contributed by atoms with Gasteiger partial charge in [0, 0.05) is 12.4 Å². The van der Waals surface area contributed by atoms with Crippen LogP contribution in [0.3, 0.4) is 0 Å². The Kier molecular flexibility index (Phi) is 5.77. The second-order valence-electron chi connectivity index (χ2n) is 3.48. The quantitative estimate of drug-likeness (QED) is 0.602. The van der Waals surface area contributed by atoms with Crippen LogP contribution in [-0.2, 0) is 0 Å². The van der Waals surface area contributed by atoms with Gasteiger partial charge in [-0.1, -0.05) is 44.0 Å². The zero-order chi connectivity index (χ0) is 13.2. The Labute approximate surface area is 107 Å². The van der Waals surface area contributed by atoms with E-state index in [9.17, 15) is 0 Å². The molecular weight excluding hydrogens is 222 g/mol. The fraction of sp³-hybridized carbons (Fsp3) is 0. The highest BCUT2D eigenvalue weighted by Crippen LogP contribution is 2.02. The molecule has 0 spiro atoms. The molecule has 3 rings (SSSR count). The number of nitrogens with zero attached hydrogens (tertiary/aromatic N) is 3. The highest BCUT2D eigenvalue weighted by atomic mass is 15.1. The molecule has 1 aliphatic carbocycles. The first-order chi connectivity index (χ1) is 8.68. The molecule has 2 heterocycles. The predicted molar refractivity (Wildman–Crippen MR) is 77.3 cm³/mol. The van der Waals surface area contributed by atoms with Crippen molar-refractivity contribution in [2.45, 2.75) is 0 Å². The third-order valence-electron chi connectivity index (χ3n) is 1.87. The maximum Gasteiger partial charge on any atom is 0.0801 e. The van der Waals surface area contributed by atoms with E-state index in [1.165, 1.54) is 0 Å². The van der Waals surface area contributed by atoms with Gasteiger partial charge in [0.1, 0.15) is 0 Å². The fourth-order valence-electron chi connectivity index (χ4n) is 0.995. The summed E-state index contributed by atoms with van der Waals surface area (Å²) in [4.78, 5) is 3.76. The Balaban J connectivity index is 0.000000135. The average Bonchev–Trinajstić information content (AvgIpc) is 3.05. The van der Waals surface area contributed by atoms with E-state index >= 15 is 0 Å². The summed E-state index contributed by atoms with van der Waals surface area (Å²) in [5.74, 6) is 0. The standard InChI is InChI=1S/C6H6.C5H5N.C4H4N2/c1-6-4-2-3-5-6;1-5-2-3-6-4-5;1-4-2-3-5-6-4/h2-5H,1H2;2-4H,1H2;2-3H,1H2. The van der Waals surface area contributed by atoms with E-state index in [2.05, 4.69) is 35.0 Å². The minimum absolute atomic E-state index is 0.731. The van der Waals surface area contributed by atoms with Crippen LogP contribution >= 0.6 is 0 Å². The Hall–Kier alpha value is -2.55. The number of hydrogen-bond donors (Lipinski definition) is 0. The van der Waals surface area contributed by atoms with E-state index in [1.807, 2.05) is 30.4 Å². The van der Waals surface area contributed by atoms with E-state index in [1.54, 1.807) is 24.7 Å². The van der Waals surface area contributed by atoms with Crippen LogP contribution in [-0.4, -0.2) is 6.21 Å². The molecule has 0 radical (unpaired) electrons. The minimum atomic E-state index is 0.731. The molecule has 0 aromatic heterocycles. The summed E-state index contributed by atoms with van der Waals surface area (Å²) in [7, 11) is 0. The van der Waals surface area contributed by atoms with Crippen LogP contribution in [0.25, 0.3) is 0 Å². The van der Waals surface area contributed by atoms with E-state index in [4.69, 9.17) is 0 Å². The third-order valence-corrected chi connectivity index (χ3v) is 1.87. The lowest BCUT2D eigenvalue weighted by atomic mass is 10.4. The first-order valence-corrected chi connectivity index (χ1v) is 5.37. The molecule has 0 N–H and O–H groups in total. The lowest BCUT2D eigenvalue weighted by Gasteiger charge is -1.71. The molecule has 3 aliphatic rings. The molecule has 0 aromatic rings. The van der Waals surface area contributed by atoms with E-state index < -0.39 is 0 Å². The summed E-state index contributed by atoms with van der Waals surface area (Å²) in [6.07, 6.45) is 16.6. The Morgan fingerprint density at radius 1 is 0.778 bits per heavy atom. The van der Waals surface area contributed by atoms with E-state index in [-0.39, 0.29) is 0 Å². The van der Waals surface area contributed by atoms with Crippen LogP contribution < -0.4 is 0 Å². The molecule has 90 valence electrons. The fourth-order valence-corrected chi connectivity index (χ4v) is 0.995. The van der Waals surface area contributed by atoms with Crippen molar-refractivity contribution in [1.82, 2.24) is 0 Å². The maximum atomic E-state index is 3.76. The first-order valence-electron chi connectivity index (χ1n) is 5.37. The van der Waals surface area contributed by atoms with Crippen molar-refractivity contribution in [3.05, 3.63) is 85.4 Å². The Morgan fingerprint density at radius 3 is 1.67 bits per heavy atom. The van der Waals surface area contributed by atoms with Gasteiger partial charge in [-0.25, -0.2) is 0 Å². The SMILES string of the molecule is C=C1C=CC=C1.C=C1C=CN=C1.C=C1C=CN=N1. The second-order valence-corrected chi connectivity index (χ2v) is 3.48. The normalized spacial score (nSPS) is 17.0. The monoisotopic (exact) mass is 237 g/mol. The zero-order valence-electron chi connectivity index (χ0n) is 10.2. The van der Waals surface area contributed by atoms with Gasteiger partial charge in [0.05, 0.1) is 11.9 Å². The van der Waals surface area contributed by atoms with E-state index in [0.29, 0.717) is 0 Å². The van der Waals surface area contributed by atoms with Crippen molar-refractivity contribution < 1.29 is 0 Å². The van der Waals surface area contributed by atoms with Crippen LogP contribution in [0.5, 0.6) is 0 Å². The molecule has 0 saturated carbocycles. The van der Waals surface area contributed by atoms with Crippen molar-refractivity contribution in [3.63, 3.8) is 0 Å². The molecule has 2 aliphatic heterocycles.